The van der Waals surface area contributed by atoms with Crippen molar-refractivity contribution in [2.24, 2.45) is 0 Å². The molecule has 1 unspecified atom stereocenters. The summed E-state index contributed by atoms with van der Waals surface area (Å²) >= 11 is 10.2. The van der Waals surface area contributed by atoms with Crippen LogP contribution in [0.15, 0.2) is 18.2 Å². The lowest BCUT2D eigenvalue weighted by Gasteiger charge is -2.12. The first-order valence-corrected chi connectivity index (χ1v) is 9.11. The van der Waals surface area contributed by atoms with E-state index in [-0.39, 0.29) is 10.3 Å². The van der Waals surface area contributed by atoms with Gasteiger partial charge in [0.2, 0.25) is 5.43 Å². The minimum Gasteiger partial charge on any atom is -0.463 e. The van der Waals surface area contributed by atoms with Gasteiger partial charge in [-0.15, -0.1) is 0 Å². The summed E-state index contributed by atoms with van der Waals surface area (Å²) in [6, 6.07) is 0. The zero-order valence-electron chi connectivity index (χ0n) is 11.3. The van der Waals surface area contributed by atoms with Crippen LogP contribution in [-0.4, -0.2) is 0 Å². The topological polar surface area (TPSA) is 30.2 Å². The van der Waals surface area contributed by atoms with Crippen LogP contribution in [0.3, 0.4) is 0 Å². The van der Waals surface area contributed by atoms with E-state index in [4.69, 9.17) is 4.42 Å². The summed E-state index contributed by atoms with van der Waals surface area (Å²) in [6.45, 7) is 4.01. The van der Waals surface area contributed by atoms with Gasteiger partial charge in [-0.2, -0.15) is 0 Å². The van der Waals surface area contributed by atoms with E-state index in [1.54, 1.807) is 6.92 Å². The van der Waals surface area contributed by atoms with Crippen molar-refractivity contribution >= 4 is 47.8 Å². The highest BCUT2D eigenvalue weighted by Gasteiger charge is 2.19. The van der Waals surface area contributed by atoms with Gasteiger partial charge in [0.1, 0.15) is 20.5 Å². The normalized spacial score (nSPS) is 12.7. The Morgan fingerprint density at radius 3 is 2.37 bits per heavy atom. The molecule has 0 saturated carbocycles. The third-order valence-corrected chi connectivity index (χ3v) is 5.58. The minimum absolute atomic E-state index is 0.0471. The number of halogens is 3. The molecule has 1 aromatic heterocycles. The fourth-order valence-corrected chi connectivity index (χ4v) is 3.94. The van der Waals surface area contributed by atoms with E-state index in [1.165, 1.54) is 25.7 Å². The first kappa shape index (κ1) is 17.4. The molecule has 0 amide bonds. The fraction of sp³-hybridized carbons (Fsp3) is 0.643. The number of aryl methyl sites for hydroxylation is 1. The van der Waals surface area contributed by atoms with Crippen molar-refractivity contribution in [1.82, 2.24) is 0 Å². The van der Waals surface area contributed by atoms with Gasteiger partial charge in [-0.25, -0.2) is 0 Å². The second kappa shape index (κ2) is 8.63. The van der Waals surface area contributed by atoms with Crippen LogP contribution in [0.4, 0.5) is 0 Å². The molecule has 0 N–H and O–H groups in total. The fourth-order valence-electron chi connectivity index (χ4n) is 1.88. The van der Waals surface area contributed by atoms with Crippen molar-refractivity contribution in [2.45, 2.75) is 57.2 Å². The molecule has 5 heteroatoms. The molecule has 108 valence electrons. The molecule has 0 aliphatic heterocycles. The first-order chi connectivity index (χ1) is 8.99. The molecule has 0 aliphatic rings. The van der Waals surface area contributed by atoms with Gasteiger partial charge in [-0.1, -0.05) is 55.0 Å². The van der Waals surface area contributed by atoms with Crippen molar-refractivity contribution in [3.63, 3.8) is 0 Å². The van der Waals surface area contributed by atoms with Crippen LogP contribution in [0.25, 0.3) is 0 Å². The summed E-state index contributed by atoms with van der Waals surface area (Å²) in [5, 5.41) is 0. The molecular formula is C14H19Br3O2. The van der Waals surface area contributed by atoms with Gasteiger partial charge in [0.15, 0.2) is 0 Å². The summed E-state index contributed by atoms with van der Waals surface area (Å²) in [7, 11) is 0. The van der Waals surface area contributed by atoms with Crippen LogP contribution >= 0.6 is 47.8 Å². The summed E-state index contributed by atoms with van der Waals surface area (Å²) in [5.41, 5.74) is -0.0471. The number of hydrogen-bond acceptors (Lipinski definition) is 2. The summed E-state index contributed by atoms with van der Waals surface area (Å²) < 4.78 is 6.72. The zero-order valence-corrected chi connectivity index (χ0v) is 16.0. The van der Waals surface area contributed by atoms with Gasteiger partial charge in [-0.05, 0) is 45.2 Å². The molecular weight excluding hydrogens is 440 g/mol. The Morgan fingerprint density at radius 1 is 1.11 bits per heavy atom. The molecule has 0 aromatic carbocycles. The van der Waals surface area contributed by atoms with Crippen LogP contribution in [0.2, 0.25) is 0 Å². The Morgan fingerprint density at radius 2 is 1.74 bits per heavy atom. The Labute approximate surface area is 139 Å². The van der Waals surface area contributed by atoms with E-state index in [2.05, 4.69) is 54.7 Å². The second-order valence-electron chi connectivity index (χ2n) is 4.65. The molecule has 0 aliphatic carbocycles. The van der Waals surface area contributed by atoms with Gasteiger partial charge in [-0.3, -0.25) is 4.79 Å². The molecule has 0 radical (unpaired) electrons. The molecule has 0 bridgehead atoms. The Balaban J connectivity index is 2.67. The SMILES string of the molecule is CCCCCCCC(Br)c1oc(C)c(Br)c(=O)c1Br. The maximum Gasteiger partial charge on any atom is 0.213 e. The van der Waals surface area contributed by atoms with Crippen LogP contribution in [0, 0.1) is 6.92 Å². The largest absolute Gasteiger partial charge is 0.463 e. The molecule has 0 fully saturated rings. The molecule has 1 aromatic rings. The maximum absolute atomic E-state index is 12.0. The number of rotatable bonds is 7. The Hall–Kier alpha value is 0.390. The number of unbranched alkanes of at least 4 members (excludes halogenated alkanes) is 4. The zero-order chi connectivity index (χ0) is 14.4. The van der Waals surface area contributed by atoms with Crippen molar-refractivity contribution in [1.29, 1.82) is 0 Å². The van der Waals surface area contributed by atoms with Crippen molar-refractivity contribution in [3.05, 3.63) is 30.7 Å². The predicted octanol–water partition coefficient (Wildman–Crippen LogP) is 6.27. The average Bonchev–Trinajstić information content (AvgIpc) is 2.40. The molecule has 1 rings (SSSR count). The molecule has 1 atom stereocenters. The third-order valence-electron chi connectivity index (χ3n) is 3.03. The molecule has 0 spiro atoms. The standard InChI is InChI=1S/C14H19Br3O2/c1-3-4-5-6-7-8-10(15)14-12(17)13(18)11(16)9(2)19-14/h10H,3-8H2,1-2H3. The van der Waals surface area contributed by atoms with E-state index < -0.39 is 0 Å². The van der Waals surface area contributed by atoms with Gasteiger partial charge < -0.3 is 4.42 Å². The summed E-state index contributed by atoms with van der Waals surface area (Å²) in [5.74, 6) is 1.32. The maximum atomic E-state index is 12.0. The average molecular weight is 459 g/mol. The molecule has 1 heterocycles. The van der Waals surface area contributed by atoms with Gasteiger partial charge >= 0.3 is 0 Å². The van der Waals surface area contributed by atoms with Gasteiger partial charge in [0, 0.05) is 0 Å². The summed E-state index contributed by atoms with van der Waals surface area (Å²) in [6.07, 6.45) is 7.18. The number of alkyl halides is 1. The highest BCUT2D eigenvalue weighted by atomic mass is 79.9. The van der Waals surface area contributed by atoms with Crippen LogP contribution in [0.1, 0.15) is 61.8 Å². The van der Waals surface area contributed by atoms with Gasteiger partial charge in [0.05, 0.1) is 4.83 Å². The first-order valence-electron chi connectivity index (χ1n) is 6.61. The van der Waals surface area contributed by atoms with Crippen LogP contribution in [-0.2, 0) is 0 Å². The van der Waals surface area contributed by atoms with E-state index in [1.807, 2.05) is 0 Å². The van der Waals surface area contributed by atoms with E-state index in [9.17, 15) is 4.79 Å². The molecule has 19 heavy (non-hydrogen) atoms. The second-order valence-corrected chi connectivity index (χ2v) is 7.34. The van der Waals surface area contributed by atoms with Crippen molar-refractivity contribution in [2.75, 3.05) is 0 Å². The lowest BCUT2D eigenvalue weighted by Crippen LogP contribution is -2.09. The van der Waals surface area contributed by atoms with E-state index in [0.29, 0.717) is 20.5 Å². The summed E-state index contributed by atoms with van der Waals surface area (Å²) in [4.78, 5) is 12.0. The lowest BCUT2D eigenvalue weighted by atomic mass is 10.1. The quantitative estimate of drug-likeness (QED) is 0.356. The predicted molar refractivity (Wildman–Crippen MR) is 90.2 cm³/mol. The Bertz CT molecular complexity index is 468. The van der Waals surface area contributed by atoms with E-state index >= 15 is 0 Å². The highest BCUT2D eigenvalue weighted by molar-refractivity contribution is 9.11. The highest BCUT2D eigenvalue weighted by Crippen LogP contribution is 2.34. The van der Waals surface area contributed by atoms with Crippen LogP contribution < -0.4 is 5.43 Å². The minimum atomic E-state index is -0.0471. The smallest absolute Gasteiger partial charge is 0.213 e. The molecule has 0 saturated heterocycles. The van der Waals surface area contributed by atoms with Crippen LogP contribution in [0.5, 0.6) is 0 Å². The molecule has 2 nitrogen and oxygen atoms in total. The number of hydrogen-bond donors (Lipinski definition) is 0. The van der Waals surface area contributed by atoms with Crippen molar-refractivity contribution in [3.8, 4) is 0 Å². The van der Waals surface area contributed by atoms with E-state index in [0.717, 1.165) is 12.8 Å². The Kier molecular flexibility index (Phi) is 7.92. The monoisotopic (exact) mass is 456 g/mol. The van der Waals surface area contributed by atoms with Gasteiger partial charge in [0.25, 0.3) is 0 Å². The third kappa shape index (κ3) is 5.01. The van der Waals surface area contributed by atoms with Crippen molar-refractivity contribution < 1.29 is 4.42 Å². The lowest BCUT2D eigenvalue weighted by molar-refractivity contribution is 0.443.